The molecule has 0 atom stereocenters. The van der Waals surface area contributed by atoms with Crippen molar-refractivity contribution in [1.82, 2.24) is 5.32 Å². The number of para-hydroxylation sites is 1. The monoisotopic (exact) mass is 283 g/mol. The van der Waals surface area contributed by atoms with Crippen LogP contribution in [-0.2, 0) is 0 Å². The van der Waals surface area contributed by atoms with E-state index in [-0.39, 0.29) is 5.54 Å². The Morgan fingerprint density at radius 2 is 1.62 bits per heavy atom. The van der Waals surface area contributed by atoms with Crippen LogP contribution in [0.25, 0.3) is 11.1 Å². The Morgan fingerprint density at radius 3 is 2.33 bits per heavy atom. The second-order valence-electron chi connectivity index (χ2n) is 5.87. The van der Waals surface area contributed by atoms with E-state index in [4.69, 9.17) is 4.74 Å². The topological polar surface area (TPSA) is 21.3 Å². The fraction of sp³-hybridized carbons (Fsp3) is 0.368. The summed E-state index contributed by atoms with van der Waals surface area (Å²) in [5.74, 6) is 0.944. The van der Waals surface area contributed by atoms with Gasteiger partial charge in [-0.3, -0.25) is 0 Å². The van der Waals surface area contributed by atoms with Gasteiger partial charge in [0, 0.05) is 17.6 Å². The zero-order valence-corrected chi connectivity index (χ0v) is 13.2. The van der Waals surface area contributed by atoms with E-state index in [1.807, 2.05) is 24.3 Å². The van der Waals surface area contributed by atoms with Gasteiger partial charge in [0.25, 0.3) is 0 Å². The Bertz CT molecular complexity index is 549. The summed E-state index contributed by atoms with van der Waals surface area (Å²) >= 11 is 0. The van der Waals surface area contributed by atoms with Crippen molar-refractivity contribution in [3.05, 3.63) is 54.6 Å². The third kappa shape index (κ3) is 4.61. The molecule has 0 heterocycles. The maximum atomic E-state index is 5.97. The number of ether oxygens (including phenoxy) is 1. The Morgan fingerprint density at radius 1 is 0.952 bits per heavy atom. The summed E-state index contributed by atoms with van der Waals surface area (Å²) in [4.78, 5) is 0. The molecule has 2 rings (SSSR count). The highest BCUT2D eigenvalue weighted by Gasteiger charge is 2.13. The van der Waals surface area contributed by atoms with Gasteiger partial charge in [0.1, 0.15) is 12.4 Å². The van der Waals surface area contributed by atoms with E-state index < -0.39 is 0 Å². The zero-order chi connectivity index (χ0) is 15.1. The quantitative estimate of drug-likeness (QED) is 0.755. The van der Waals surface area contributed by atoms with Crippen LogP contribution in [0.2, 0.25) is 0 Å². The lowest BCUT2D eigenvalue weighted by atomic mass is 10.0. The molecule has 0 unspecified atom stereocenters. The van der Waals surface area contributed by atoms with E-state index in [0.717, 1.165) is 24.3 Å². The predicted molar refractivity (Wildman–Crippen MR) is 89.7 cm³/mol. The number of hydrogen-bond donors (Lipinski definition) is 1. The Labute approximate surface area is 128 Å². The molecule has 0 spiro atoms. The number of hydrogen-bond acceptors (Lipinski definition) is 2. The Balaban J connectivity index is 1.98. The SMILES string of the molecule is CCC(C)(C)NCCOc1ccccc1-c1ccccc1. The molecule has 112 valence electrons. The first kappa shape index (κ1) is 15.6. The summed E-state index contributed by atoms with van der Waals surface area (Å²) in [7, 11) is 0. The van der Waals surface area contributed by atoms with Crippen molar-refractivity contribution in [1.29, 1.82) is 0 Å². The van der Waals surface area contributed by atoms with Crippen molar-refractivity contribution in [3.63, 3.8) is 0 Å². The van der Waals surface area contributed by atoms with Gasteiger partial charge in [-0.1, -0.05) is 55.5 Å². The van der Waals surface area contributed by atoms with Crippen LogP contribution in [0.4, 0.5) is 0 Å². The molecule has 2 aromatic carbocycles. The van der Waals surface area contributed by atoms with Gasteiger partial charge in [-0.05, 0) is 31.9 Å². The molecule has 21 heavy (non-hydrogen) atoms. The summed E-state index contributed by atoms with van der Waals surface area (Å²) in [5.41, 5.74) is 2.50. The Hall–Kier alpha value is -1.80. The third-order valence-electron chi connectivity index (χ3n) is 3.82. The lowest BCUT2D eigenvalue weighted by Crippen LogP contribution is -2.40. The van der Waals surface area contributed by atoms with Gasteiger partial charge in [0.2, 0.25) is 0 Å². The lowest BCUT2D eigenvalue weighted by molar-refractivity contribution is 0.281. The van der Waals surface area contributed by atoms with Crippen LogP contribution in [0.5, 0.6) is 5.75 Å². The van der Waals surface area contributed by atoms with Crippen molar-refractivity contribution in [2.24, 2.45) is 0 Å². The van der Waals surface area contributed by atoms with Crippen molar-refractivity contribution in [2.45, 2.75) is 32.7 Å². The fourth-order valence-electron chi connectivity index (χ4n) is 2.12. The molecule has 0 radical (unpaired) electrons. The first-order valence-corrected chi connectivity index (χ1v) is 7.65. The smallest absolute Gasteiger partial charge is 0.127 e. The number of nitrogens with one attached hydrogen (secondary N) is 1. The second-order valence-corrected chi connectivity index (χ2v) is 5.87. The normalized spacial score (nSPS) is 11.4. The molecule has 2 heteroatoms. The summed E-state index contributed by atoms with van der Waals surface area (Å²) in [5, 5.41) is 3.51. The van der Waals surface area contributed by atoms with Crippen LogP contribution in [0.15, 0.2) is 54.6 Å². The fourth-order valence-corrected chi connectivity index (χ4v) is 2.12. The molecule has 1 N–H and O–H groups in total. The molecule has 2 nitrogen and oxygen atoms in total. The highest BCUT2D eigenvalue weighted by Crippen LogP contribution is 2.29. The van der Waals surface area contributed by atoms with Crippen LogP contribution in [-0.4, -0.2) is 18.7 Å². The van der Waals surface area contributed by atoms with Crippen LogP contribution in [0, 0.1) is 0 Å². The van der Waals surface area contributed by atoms with Crippen molar-refractivity contribution in [2.75, 3.05) is 13.2 Å². The molecular formula is C19H25NO. The summed E-state index contributed by atoms with van der Waals surface area (Å²) in [6.07, 6.45) is 1.10. The van der Waals surface area contributed by atoms with Gasteiger partial charge >= 0.3 is 0 Å². The molecular weight excluding hydrogens is 258 g/mol. The molecule has 0 aromatic heterocycles. The van der Waals surface area contributed by atoms with E-state index in [0.29, 0.717) is 6.61 Å². The van der Waals surface area contributed by atoms with Crippen LogP contribution >= 0.6 is 0 Å². The molecule has 0 bridgehead atoms. The molecule has 0 saturated heterocycles. The van der Waals surface area contributed by atoms with E-state index in [1.54, 1.807) is 0 Å². The molecule has 0 aliphatic carbocycles. The van der Waals surface area contributed by atoms with E-state index in [2.05, 4.69) is 56.4 Å². The summed E-state index contributed by atoms with van der Waals surface area (Å²) < 4.78 is 5.97. The average molecular weight is 283 g/mol. The van der Waals surface area contributed by atoms with E-state index in [9.17, 15) is 0 Å². The van der Waals surface area contributed by atoms with Gasteiger partial charge < -0.3 is 10.1 Å². The minimum atomic E-state index is 0.169. The van der Waals surface area contributed by atoms with E-state index >= 15 is 0 Å². The average Bonchev–Trinajstić information content (AvgIpc) is 2.53. The highest BCUT2D eigenvalue weighted by molar-refractivity contribution is 5.70. The van der Waals surface area contributed by atoms with Gasteiger partial charge in [0.05, 0.1) is 0 Å². The largest absolute Gasteiger partial charge is 0.492 e. The first-order valence-electron chi connectivity index (χ1n) is 7.65. The van der Waals surface area contributed by atoms with Gasteiger partial charge in [0.15, 0.2) is 0 Å². The molecule has 0 amide bonds. The van der Waals surface area contributed by atoms with Crippen molar-refractivity contribution >= 4 is 0 Å². The zero-order valence-electron chi connectivity index (χ0n) is 13.2. The first-order chi connectivity index (χ1) is 10.1. The highest BCUT2D eigenvalue weighted by atomic mass is 16.5. The minimum absolute atomic E-state index is 0.169. The predicted octanol–water partition coefficient (Wildman–Crippen LogP) is 4.51. The molecule has 0 saturated carbocycles. The Kier molecular flexibility index (Phi) is 5.40. The standard InChI is InChI=1S/C19H25NO/c1-4-19(2,3)20-14-15-21-18-13-9-8-12-17(18)16-10-6-5-7-11-16/h5-13,20H,4,14-15H2,1-3H3. The van der Waals surface area contributed by atoms with Crippen LogP contribution < -0.4 is 10.1 Å². The maximum absolute atomic E-state index is 5.97. The minimum Gasteiger partial charge on any atom is -0.492 e. The second kappa shape index (κ2) is 7.28. The molecule has 0 aliphatic heterocycles. The van der Waals surface area contributed by atoms with Crippen LogP contribution in [0.1, 0.15) is 27.2 Å². The summed E-state index contributed by atoms with van der Waals surface area (Å²) in [6.45, 7) is 8.14. The van der Waals surface area contributed by atoms with Crippen molar-refractivity contribution in [3.8, 4) is 16.9 Å². The third-order valence-corrected chi connectivity index (χ3v) is 3.82. The van der Waals surface area contributed by atoms with Gasteiger partial charge in [-0.15, -0.1) is 0 Å². The van der Waals surface area contributed by atoms with Crippen LogP contribution in [0.3, 0.4) is 0 Å². The molecule has 2 aromatic rings. The van der Waals surface area contributed by atoms with Crippen molar-refractivity contribution < 1.29 is 4.74 Å². The maximum Gasteiger partial charge on any atom is 0.127 e. The molecule has 0 fully saturated rings. The van der Waals surface area contributed by atoms with Gasteiger partial charge in [-0.2, -0.15) is 0 Å². The van der Waals surface area contributed by atoms with E-state index in [1.165, 1.54) is 5.56 Å². The number of benzene rings is 2. The van der Waals surface area contributed by atoms with Gasteiger partial charge in [-0.25, -0.2) is 0 Å². The number of rotatable bonds is 7. The summed E-state index contributed by atoms with van der Waals surface area (Å²) in [6, 6.07) is 18.6. The lowest BCUT2D eigenvalue weighted by Gasteiger charge is -2.24. The molecule has 0 aliphatic rings.